The molecule has 1 heterocycles. The molecule has 0 radical (unpaired) electrons. The lowest BCUT2D eigenvalue weighted by Crippen LogP contribution is -2.31. The van der Waals surface area contributed by atoms with Gasteiger partial charge < -0.3 is 10.1 Å². The highest BCUT2D eigenvalue weighted by Crippen LogP contribution is 2.09. The van der Waals surface area contributed by atoms with Crippen LogP contribution in [0.2, 0.25) is 0 Å². The molecule has 2 rings (SSSR count). The van der Waals surface area contributed by atoms with E-state index in [1.165, 1.54) is 0 Å². The molecular formula is C14H20N2O2. The van der Waals surface area contributed by atoms with Gasteiger partial charge in [-0.1, -0.05) is 18.2 Å². The highest BCUT2D eigenvalue weighted by Gasteiger charge is 2.13. The van der Waals surface area contributed by atoms with Gasteiger partial charge in [0.15, 0.2) is 0 Å². The fraction of sp³-hybridized carbons (Fsp3) is 0.500. The molecule has 0 atom stereocenters. The summed E-state index contributed by atoms with van der Waals surface area (Å²) in [5, 5.41) is 3.32. The van der Waals surface area contributed by atoms with Gasteiger partial charge in [-0.05, 0) is 31.5 Å². The number of aryl methyl sites for hydroxylation is 1. The van der Waals surface area contributed by atoms with Crippen LogP contribution in [-0.2, 0) is 4.74 Å². The first-order valence-corrected chi connectivity index (χ1v) is 6.43. The van der Waals surface area contributed by atoms with E-state index >= 15 is 0 Å². The van der Waals surface area contributed by atoms with Crippen molar-refractivity contribution in [3.05, 3.63) is 35.4 Å². The Balaban J connectivity index is 1.86. The predicted molar refractivity (Wildman–Crippen MR) is 70.5 cm³/mol. The third-order valence-electron chi connectivity index (χ3n) is 3.18. The van der Waals surface area contributed by atoms with Crippen LogP contribution in [0.4, 0.5) is 0 Å². The Bertz CT molecular complexity index is 399. The molecule has 98 valence electrons. The summed E-state index contributed by atoms with van der Waals surface area (Å²) in [6.07, 6.45) is 1.10. The molecule has 0 spiro atoms. The number of carbonyl (C=O) groups is 1. The minimum Gasteiger partial charge on any atom is -0.446 e. The number of carbonyl (C=O) groups excluding carboxylic acids is 1. The molecule has 0 saturated carbocycles. The molecule has 0 unspecified atom stereocenters. The molecule has 0 bridgehead atoms. The first-order valence-electron chi connectivity index (χ1n) is 6.43. The fourth-order valence-electron chi connectivity index (χ4n) is 2.06. The summed E-state index contributed by atoms with van der Waals surface area (Å²) in [4.78, 5) is 14.1. The summed E-state index contributed by atoms with van der Waals surface area (Å²) < 4.78 is 5.36. The molecule has 18 heavy (non-hydrogen) atoms. The molecular weight excluding hydrogens is 228 g/mol. The molecule has 0 amide bonds. The van der Waals surface area contributed by atoms with E-state index in [1.807, 2.05) is 31.2 Å². The minimum absolute atomic E-state index is 0.231. The smallest absolute Gasteiger partial charge is 0.339 e. The average molecular weight is 248 g/mol. The summed E-state index contributed by atoms with van der Waals surface area (Å²) in [5.41, 5.74) is 1.62. The van der Waals surface area contributed by atoms with Crippen LogP contribution in [0.1, 0.15) is 22.3 Å². The number of benzene rings is 1. The molecule has 0 aromatic heterocycles. The summed E-state index contributed by atoms with van der Waals surface area (Å²) in [6, 6.07) is 7.51. The SMILES string of the molecule is Cc1ccccc1C(=O)OCN1CCCNCC1. The second-order valence-corrected chi connectivity index (χ2v) is 4.60. The van der Waals surface area contributed by atoms with Gasteiger partial charge in [0.1, 0.15) is 6.73 Å². The zero-order valence-corrected chi connectivity index (χ0v) is 10.8. The topological polar surface area (TPSA) is 41.6 Å². The van der Waals surface area contributed by atoms with Gasteiger partial charge in [-0.25, -0.2) is 4.79 Å². The zero-order valence-electron chi connectivity index (χ0n) is 10.8. The Morgan fingerprint density at radius 2 is 2.17 bits per heavy atom. The van der Waals surface area contributed by atoms with Crippen LogP contribution in [0.15, 0.2) is 24.3 Å². The van der Waals surface area contributed by atoms with Gasteiger partial charge in [-0.15, -0.1) is 0 Å². The van der Waals surface area contributed by atoms with Crippen molar-refractivity contribution in [3.63, 3.8) is 0 Å². The molecule has 1 fully saturated rings. The normalized spacial score (nSPS) is 17.2. The van der Waals surface area contributed by atoms with E-state index in [0.717, 1.165) is 38.2 Å². The standard InChI is InChI=1S/C14H20N2O2/c1-12-5-2-3-6-13(12)14(17)18-11-16-9-4-7-15-8-10-16/h2-3,5-6,15H,4,7-11H2,1H3. The van der Waals surface area contributed by atoms with Crippen molar-refractivity contribution in [1.29, 1.82) is 0 Å². The molecule has 4 heteroatoms. The molecule has 1 aromatic rings. The predicted octanol–water partition coefficient (Wildman–Crippen LogP) is 1.40. The van der Waals surface area contributed by atoms with Gasteiger partial charge in [-0.2, -0.15) is 0 Å². The zero-order chi connectivity index (χ0) is 12.8. The highest BCUT2D eigenvalue weighted by molar-refractivity contribution is 5.90. The van der Waals surface area contributed by atoms with Gasteiger partial charge >= 0.3 is 5.97 Å². The van der Waals surface area contributed by atoms with E-state index in [9.17, 15) is 4.79 Å². The Morgan fingerprint density at radius 1 is 1.33 bits per heavy atom. The first-order chi connectivity index (χ1) is 8.77. The highest BCUT2D eigenvalue weighted by atomic mass is 16.5. The van der Waals surface area contributed by atoms with Crippen molar-refractivity contribution in [1.82, 2.24) is 10.2 Å². The second kappa shape index (κ2) is 6.52. The molecule has 1 aromatic carbocycles. The van der Waals surface area contributed by atoms with Crippen molar-refractivity contribution in [2.45, 2.75) is 13.3 Å². The van der Waals surface area contributed by atoms with Crippen LogP contribution >= 0.6 is 0 Å². The number of nitrogens with one attached hydrogen (secondary N) is 1. The van der Waals surface area contributed by atoms with Crippen LogP contribution in [-0.4, -0.2) is 43.8 Å². The lowest BCUT2D eigenvalue weighted by atomic mass is 10.1. The van der Waals surface area contributed by atoms with E-state index in [-0.39, 0.29) is 5.97 Å². The van der Waals surface area contributed by atoms with Crippen LogP contribution in [0.5, 0.6) is 0 Å². The molecule has 4 nitrogen and oxygen atoms in total. The molecule has 0 aliphatic carbocycles. The summed E-state index contributed by atoms with van der Waals surface area (Å²) in [7, 11) is 0. The largest absolute Gasteiger partial charge is 0.446 e. The van der Waals surface area contributed by atoms with Gasteiger partial charge in [0.25, 0.3) is 0 Å². The monoisotopic (exact) mass is 248 g/mol. The molecule has 1 aliphatic rings. The maximum absolute atomic E-state index is 11.9. The molecule has 1 aliphatic heterocycles. The summed E-state index contributed by atoms with van der Waals surface area (Å²) >= 11 is 0. The van der Waals surface area contributed by atoms with Gasteiger partial charge in [0, 0.05) is 19.6 Å². The average Bonchev–Trinajstić information content (AvgIpc) is 2.65. The minimum atomic E-state index is -0.231. The second-order valence-electron chi connectivity index (χ2n) is 4.60. The Hall–Kier alpha value is -1.39. The lowest BCUT2D eigenvalue weighted by molar-refractivity contribution is 0.0230. The van der Waals surface area contributed by atoms with Crippen LogP contribution in [0.25, 0.3) is 0 Å². The Morgan fingerprint density at radius 3 is 3.00 bits per heavy atom. The van der Waals surface area contributed by atoms with E-state index in [2.05, 4.69) is 10.2 Å². The number of esters is 1. The van der Waals surface area contributed by atoms with E-state index in [0.29, 0.717) is 12.3 Å². The van der Waals surface area contributed by atoms with Crippen molar-refractivity contribution >= 4 is 5.97 Å². The van der Waals surface area contributed by atoms with E-state index in [1.54, 1.807) is 0 Å². The third kappa shape index (κ3) is 3.55. The maximum atomic E-state index is 11.9. The van der Waals surface area contributed by atoms with E-state index in [4.69, 9.17) is 4.74 Å². The Labute approximate surface area is 108 Å². The van der Waals surface area contributed by atoms with Crippen molar-refractivity contribution < 1.29 is 9.53 Å². The Kier molecular flexibility index (Phi) is 4.73. The number of ether oxygens (including phenoxy) is 1. The summed E-state index contributed by atoms with van der Waals surface area (Å²) in [6.45, 7) is 6.22. The number of rotatable bonds is 3. The number of hydrogen-bond acceptors (Lipinski definition) is 4. The van der Waals surface area contributed by atoms with Crippen molar-refractivity contribution in [2.24, 2.45) is 0 Å². The van der Waals surface area contributed by atoms with Crippen LogP contribution in [0.3, 0.4) is 0 Å². The molecule has 1 saturated heterocycles. The third-order valence-corrected chi connectivity index (χ3v) is 3.18. The summed E-state index contributed by atoms with van der Waals surface area (Å²) in [5.74, 6) is -0.231. The van der Waals surface area contributed by atoms with Gasteiger partial charge in [0.2, 0.25) is 0 Å². The maximum Gasteiger partial charge on any atom is 0.339 e. The molecule has 1 N–H and O–H groups in total. The van der Waals surface area contributed by atoms with Crippen LogP contribution in [0, 0.1) is 6.92 Å². The quantitative estimate of drug-likeness (QED) is 0.821. The van der Waals surface area contributed by atoms with Gasteiger partial charge in [-0.3, -0.25) is 4.90 Å². The fourth-order valence-corrected chi connectivity index (χ4v) is 2.06. The number of nitrogens with zero attached hydrogens (tertiary/aromatic N) is 1. The van der Waals surface area contributed by atoms with Crippen molar-refractivity contribution in [3.8, 4) is 0 Å². The number of hydrogen-bond donors (Lipinski definition) is 1. The van der Waals surface area contributed by atoms with Crippen molar-refractivity contribution in [2.75, 3.05) is 32.9 Å². The van der Waals surface area contributed by atoms with E-state index < -0.39 is 0 Å². The van der Waals surface area contributed by atoms with Crippen LogP contribution < -0.4 is 5.32 Å². The van der Waals surface area contributed by atoms with Gasteiger partial charge in [0.05, 0.1) is 5.56 Å². The first kappa shape index (κ1) is 13.1. The lowest BCUT2D eigenvalue weighted by Gasteiger charge is -2.19.